The molecule has 0 aliphatic heterocycles. The van der Waals surface area contributed by atoms with Crippen LogP contribution in [0.5, 0.6) is 0 Å². The lowest BCUT2D eigenvalue weighted by atomic mass is 10.1. The number of hydrogen-bond donors (Lipinski definition) is 0. The van der Waals surface area contributed by atoms with Crippen molar-refractivity contribution < 1.29 is 9.31 Å². The summed E-state index contributed by atoms with van der Waals surface area (Å²) < 4.78 is 15.1. The molecular weight excluding hydrogens is 405 g/mol. The molecule has 5 nitrogen and oxygen atoms in total. The van der Waals surface area contributed by atoms with Gasteiger partial charge in [0, 0.05) is 23.0 Å². The Kier molecular flexibility index (Phi) is 10.5. The van der Waals surface area contributed by atoms with E-state index in [0.29, 0.717) is 5.56 Å². The van der Waals surface area contributed by atoms with Crippen LogP contribution in [0.1, 0.15) is 33.4 Å². The number of fused-ring (bicyclic) bond motifs is 1. The van der Waals surface area contributed by atoms with Crippen molar-refractivity contribution in [1.29, 1.82) is 0 Å². The van der Waals surface area contributed by atoms with E-state index in [1.165, 1.54) is 18.3 Å². The molecule has 0 bridgehead atoms. The number of pyridine rings is 2. The normalized spacial score (nSPS) is 9.44. The maximum Gasteiger partial charge on any atom is 0.371 e. The lowest BCUT2D eigenvalue weighted by Crippen LogP contribution is -1.95. The molecule has 0 unspecified atom stereocenters. The minimum absolute atomic E-state index is 0.162. The summed E-state index contributed by atoms with van der Waals surface area (Å²) >= 11 is 0. The van der Waals surface area contributed by atoms with Gasteiger partial charge in [-0.05, 0) is 64.4 Å². The second-order valence-corrected chi connectivity index (χ2v) is 5.99. The van der Waals surface area contributed by atoms with Crippen molar-refractivity contribution in [2.45, 2.75) is 34.6 Å². The monoisotopic (exact) mass is 435 g/mol. The molecule has 3 aromatic heterocycles. The second-order valence-electron chi connectivity index (χ2n) is 5.99. The average Bonchev–Trinajstić information content (AvgIpc) is 3.19. The topological polar surface area (TPSA) is 60.4 Å². The SMILES string of the molecule is C=C.CC.CC.Cc1c(-c2cccnc2[N+](=O)[O-])cc2ccc(-c3ccc(F)cc3)cn12. The Hall–Kier alpha value is -3.80. The largest absolute Gasteiger partial charge is 0.371 e. The van der Waals surface area contributed by atoms with Crippen LogP contribution in [0.3, 0.4) is 0 Å². The maximum atomic E-state index is 13.1. The number of aromatic nitrogens is 2. The predicted molar refractivity (Wildman–Crippen MR) is 131 cm³/mol. The van der Waals surface area contributed by atoms with Crippen molar-refractivity contribution in [3.8, 4) is 22.3 Å². The highest BCUT2D eigenvalue weighted by molar-refractivity contribution is 5.79. The van der Waals surface area contributed by atoms with Gasteiger partial charge >= 0.3 is 5.82 Å². The molecule has 0 saturated heterocycles. The van der Waals surface area contributed by atoms with E-state index >= 15 is 0 Å². The first kappa shape index (κ1) is 26.2. The standard InChI is InChI=1S/C20H14FN3O2.2C2H6.C2H4/c1-13-19(18-3-2-10-22-20(18)24(25)26)11-17-9-6-15(12-23(13)17)14-4-7-16(21)8-5-14;3*1-2/h2-12H,1H3;2*1-2H3;1-2H2. The van der Waals surface area contributed by atoms with Gasteiger partial charge in [-0.15, -0.1) is 13.2 Å². The van der Waals surface area contributed by atoms with Crippen LogP contribution in [-0.2, 0) is 0 Å². The fourth-order valence-corrected chi connectivity index (χ4v) is 3.14. The first-order valence-corrected chi connectivity index (χ1v) is 10.5. The van der Waals surface area contributed by atoms with Crippen LogP contribution in [-0.4, -0.2) is 14.3 Å². The van der Waals surface area contributed by atoms with Gasteiger partial charge in [0.25, 0.3) is 0 Å². The molecule has 0 aliphatic rings. The summed E-state index contributed by atoms with van der Waals surface area (Å²) in [5.74, 6) is -0.441. The Morgan fingerprint density at radius 3 is 2.12 bits per heavy atom. The van der Waals surface area contributed by atoms with E-state index in [1.807, 2.05) is 63.4 Å². The van der Waals surface area contributed by atoms with Gasteiger partial charge in [0.15, 0.2) is 0 Å². The third kappa shape index (κ3) is 5.66. The molecule has 3 heterocycles. The van der Waals surface area contributed by atoms with Crippen molar-refractivity contribution in [2.75, 3.05) is 0 Å². The number of rotatable bonds is 3. The summed E-state index contributed by atoms with van der Waals surface area (Å²) in [5.41, 5.74) is 4.88. The van der Waals surface area contributed by atoms with E-state index < -0.39 is 4.92 Å². The van der Waals surface area contributed by atoms with E-state index in [1.54, 1.807) is 24.3 Å². The predicted octanol–water partition coefficient (Wildman–Crippen LogP) is 7.88. The van der Waals surface area contributed by atoms with Gasteiger partial charge in [-0.1, -0.05) is 45.9 Å². The van der Waals surface area contributed by atoms with Crippen LogP contribution < -0.4 is 0 Å². The van der Waals surface area contributed by atoms with Crippen molar-refractivity contribution >= 4 is 11.3 Å². The molecule has 4 aromatic rings. The van der Waals surface area contributed by atoms with Crippen LogP contribution >= 0.6 is 0 Å². The van der Waals surface area contributed by atoms with E-state index in [2.05, 4.69) is 18.1 Å². The highest BCUT2D eigenvalue weighted by Gasteiger charge is 2.19. The molecule has 168 valence electrons. The van der Waals surface area contributed by atoms with Gasteiger partial charge in [0.2, 0.25) is 0 Å². The van der Waals surface area contributed by atoms with Crippen LogP contribution in [0.2, 0.25) is 0 Å². The Morgan fingerprint density at radius 2 is 1.53 bits per heavy atom. The average molecular weight is 436 g/mol. The van der Waals surface area contributed by atoms with E-state index in [9.17, 15) is 14.5 Å². The molecule has 0 atom stereocenters. The molecule has 0 amide bonds. The highest BCUT2D eigenvalue weighted by Crippen LogP contribution is 2.33. The fourth-order valence-electron chi connectivity index (χ4n) is 3.14. The van der Waals surface area contributed by atoms with Crippen LogP contribution in [0, 0.1) is 22.9 Å². The summed E-state index contributed by atoms with van der Waals surface area (Å²) in [7, 11) is 0. The Morgan fingerprint density at radius 1 is 0.938 bits per heavy atom. The van der Waals surface area contributed by atoms with Crippen molar-refractivity contribution in [1.82, 2.24) is 9.38 Å². The number of aryl methyl sites for hydroxylation is 1. The summed E-state index contributed by atoms with van der Waals surface area (Å²) in [6.07, 6.45) is 3.36. The summed E-state index contributed by atoms with van der Waals surface area (Å²) in [5, 5.41) is 11.3. The van der Waals surface area contributed by atoms with Gasteiger partial charge in [0.05, 0.1) is 5.56 Å². The number of hydrogen-bond acceptors (Lipinski definition) is 3. The quantitative estimate of drug-likeness (QED) is 0.187. The van der Waals surface area contributed by atoms with E-state index in [0.717, 1.165) is 27.9 Å². The minimum Gasteiger partial charge on any atom is -0.358 e. The first-order valence-electron chi connectivity index (χ1n) is 10.5. The molecule has 6 heteroatoms. The van der Waals surface area contributed by atoms with Crippen LogP contribution in [0.15, 0.2) is 80.1 Å². The lowest BCUT2D eigenvalue weighted by molar-refractivity contribution is -0.388. The van der Waals surface area contributed by atoms with E-state index in [-0.39, 0.29) is 11.6 Å². The fraction of sp³-hybridized carbons (Fsp3) is 0.192. The third-order valence-corrected chi connectivity index (χ3v) is 4.45. The molecule has 32 heavy (non-hydrogen) atoms. The minimum atomic E-state index is -0.471. The number of nitro groups is 1. The number of nitrogens with zero attached hydrogens (tertiary/aromatic N) is 3. The number of benzene rings is 1. The highest BCUT2D eigenvalue weighted by atomic mass is 19.1. The smallest absolute Gasteiger partial charge is 0.358 e. The van der Waals surface area contributed by atoms with Gasteiger partial charge in [0.1, 0.15) is 12.0 Å². The van der Waals surface area contributed by atoms with Gasteiger partial charge < -0.3 is 14.5 Å². The maximum absolute atomic E-state index is 13.1. The van der Waals surface area contributed by atoms with Crippen molar-refractivity contribution in [3.05, 3.63) is 102 Å². The lowest BCUT2D eigenvalue weighted by Gasteiger charge is -2.06. The number of halogens is 1. The molecule has 0 N–H and O–H groups in total. The molecule has 1 aromatic carbocycles. The second kappa shape index (κ2) is 12.8. The zero-order valence-electron chi connectivity index (χ0n) is 19.3. The molecule has 0 radical (unpaired) electrons. The van der Waals surface area contributed by atoms with Crippen LogP contribution in [0.4, 0.5) is 10.2 Å². The summed E-state index contributed by atoms with van der Waals surface area (Å²) in [6.45, 7) is 15.9. The molecule has 0 fully saturated rings. The third-order valence-electron chi connectivity index (χ3n) is 4.45. The Balaban J connectivity index is 0.000000789. The molecular formula is C26H30FN3O2. The Labute approximate surface area is 189 Å². The zero-order valence-corrected chi connectivity index (χ0v) is 19.3. The van der Waals surface area contributed by atoms with E-state index in [4.69, 9.17) is 0 Å². The molecule has 0 aliphatic carbocycles. The van der Waals surface area contributed by atoms with Crippen molar-refractivity contribution in [3.63, 3.8) is 0 Å². The van der Waals surface area contributed by atoms with Gasteiger partial charge in [-0.25, -0.2) is 4.39 Å². The van der Waals surface area contributed by atoms with Gasteiger partial charge in [-0.2, -0.15) is 0 Å². The first-order chi connectivity index (χ1) is 15.5. The molecule has 0 saturated carbocycles. The van der Waals surface area contributed by atoms with Crippen molar-refractivity contribution in [2.24, 2.45) is 0 Å². The summed E-state index contributed by atoms with van der Waals surface area (Å²) in [6, 6.07) is 15.5. The van der Waals surface area contributed by atoms with Crippen LogP contribution in [0.25, 0.3) is 27.8 Å². The van der Waals surface area contributed by atoms with Gasteiger partial charge in [-0.3, -0.25) is 0 Å². The zero-order chi connectivity index (χ0) is 24.3. The molecule has 4 rings (SSSR count). The molecule has 0 spiro atoms. The summed E-state index contributed by atoms with van der Waals surface area (Å²) in [4.78, 5) is 14.7. The Bertz CT molecular complexity index is 1150.